The molecule has 4 rings (SSSR count). The standard InChI is InChI=1S/C23H22ClN3O3S/c24-18-13-15-21(16-14-18)31(29,30)26-17-7-12-22(26)23(28)25-27(19-8-3-1-4-9-19)20-10-5-2-6-11-20/h1-6,8-11,13-16,22H,7,12,17H2,(H,25,28)/t22-/m1/s1. The summed E-state index contributed by atoms with van der Waals surface area (Å²) in [5.74, 6) is -0.372. The normalized spacial score (nSPS) is 16.7. The van der Waals surface area contributed by atoms with Crippen molar-refractivity contribution in [1.82, 2.24) is 9.73 Å². The largest absolute Gasteiger partial charge is 0.271 e. The summed E-state index contributed by atoms with van der Waals surface area (Å²) in [6.07, 6.45) is 1.07. The predicted molar refractivity (Wildman–Crippen MR) is 122 cm³/mol. The fraction of sp³-hybridized carbons (Fsp3) is 0.174. The number of hydrogen-bond acceptors (Lipinski definition) is 4. The number of hydrazine groups is 1. The molecule has 1 N–H and O–H groups in total. The van der Waals surface area contributed by atoms with Gasteiger partial charge in [0, 0.05) is 11.6 Å². The van der Waals surface area contributed by atoms with Gasteiger partial charge in [0.2, 0.25) is 10.0 Å². The molecule has 0 aliphatic carbocycles. The molecule has 160 valence electrons. The van der Waals surface area contributed by atoms with Gasteiger partial charge in [-0.15, -0.1) is 0 Å². The Morgan fingerprint density at radius 3 is 2.00 bits per heavy atom. The van der Waals surface area contributed by atoms with Crippen molar-refractivity contribution < 1.29 is 13.2 Å². The van der Waals surface area contributed by atoms with Crippen molar-refractivity contribution in [2.75, 3.05) is 11.6 Å². The van der Waals surface area contributed by atoms with E-state index in [4.69, 9.17) is 11.6 Å². The van der Waals surface area contributed by atoms with Crippen LogP contribution in [0, 0.1) is 0 Å². The third-order valence-electron chi connectivity index (χ3n) is 5.18. The first-order valence-corrected chi connectivity index (χ1v) is 11.8. The smallest absolute Gasteiger partial charge is 0.257 e. The lowest BCUT2D eigenvalue weighted by Gasteiger charge is -2.29. The SMILES string of the molecule is O=C(NN(c1ccccc1)c1ccccc1)[C@H]1CCCN1S(=O)(=O)c1ccc(Cl)cc1. The molecule has 3 aromatic rings. The molecule has 3 aromatic carbocycles. The van der Waals surface area contributed by atoms with E-state index < -0.39 is 16.1 Å². The van der Waals surface area contributed by atoms with Gasteiger partial charge in [0.1, 0.15) is 6.04 Å². The van der Waals surface area contributed by atoms with Gasteiger partial charge in [-0.2, -0.15) is 4.31 Å². The summed E-state index contributed by atoms with van der Waals surface area (Å²) in [6.45, 7) is 0.291. The lowest BCUT2D eigenvalue weighted by atomic mass is 10.2. The van der Waals surface area contributed by atoms with Gasteiger partial charge >= 0.3 is 0 Å². The summed E-state index contributed by atoms with van der Waals surface area (Å²) in [7, 11) is -3.82. The van der Waals surface area contributed by atoms with E-state index in [0.29, 0.717) is 24.4 Å². The van der Waals surface area contributed by atoms with Crippen molar-refractivity contribution in [3.05, 3.63) is 90.0 Å². The van der Waals surface area contributed by atoms with E-state index in [1.807, 2.05) is 60.7 Å². The second kappa shape index (κ2) is 9.09. The number of hydrogen-bond donors (Lipinski definition) is 1. The van der Waals surface area contributed by atoms with E-state index >= 15 is 0 Å². The van der Waals surface area contributed by atoms with Crippen LogP contribution in [-0.2, 0) is 14.8 Å². The number of para-hydroxylation sites is 2. The van der Waals surface area contributed by atoms with Crippen LogP contribution in [0.25, 0.3) is 0 Å². The molecular formula is C23H22ClN3O3S. The number of amides is 1. The Labute approximate surface area is 187 Å². The second-order valence-corrected chi connectivity index (χ2v) is 9.54. The lowest BCUT2D eigenvalue weighted by molar-refractivity contribution is -0.124. The van der Waals surface area contributed by atoms with E-state index in [2.05, 4.69) is 5.43 Å². The Bertz CT molecular complexity index is 1100. The Kier molecular flexibility index (Phi) is 6.27. The number of carbonyl (C=O) groups is 1. The Morgan fingerprint density at radius 1 is 0.903 bits per heavy atom. The molecule has 1 saturated heterocycles. The molecule has 0 spiro atoms. The summed E-state index contributed by atoms with van der Waals surface area (Å²) in [5.41, 5.74) is 4.46. The number of rotatable bonds is 6. The van der Waals surface area contributed by atoms with Crippen LogP contribution in [0.4, 0.5) is 11.4 Å². The minimum Gasteiger partial charge on any atom is -0.271 e. The molecule has 6 nitrogen and oxygen atoms in total. The number of halogens is 1. The van der Waals surface area contributed by atoms with Crippen molar-refractivity contribution in [1.29, 1.82) is 0 Å². The van der Waals surface area contributed by atoms with E-state index in [1.165, 1.54) is 28.6 Å². The highest BCUT2D eigenvalue weighted by atomic mass is 35.5. The van der Waals surface area contributed by atoms with Crippen LogP contribution in [0.2, 0.25) is 5.02 Å². The highest BCUT2D eigenvalue weighted by Gasteiger charge is 2.40. The number of sulfonamides is 1. The molecule has 1 fully saturated rings. The number of anilines is 2. The molecule has 1 aliphatic heterocycles. The maximum absolute atomic E-state index is 13.3. The number of nitrogens with one attached hydrogen (secondary N) is 1. The lowest BCUT2D eigenvalue weighted by Crippen LogP contribution is -2.50. The first-order valence-electron chi connectivity index (χ1n) is 9.95. The number of carbonyl (C=O) groups excluding carboxylic acids is 1. The van der Waals surface area contributed by atoms with Crippen LogP contribution in [0.1, 0.15) is 12.8 Å². The molecular weight excluding hydrogens is 434 g/mol. The van der Waals surface area contributed by atoms with Crippen LogP contribution in [-0.4, -0.2) is 31.2 Å². The van der Waals surface area contributed by atoms with Crippen molar-refractivity contribution in [3.63, 3.8) is 0 Å². The third-order valence-corrected chi connectivity index (χ3v) is 7.35. The van der Waals surface area contributed by atoms with Crippen molar-refractivity contribution >= 4 is 38.9 Å². The summed E-state index contributed by atoms with van der Waals surface area (Å²) >= 11 is 5.90. The Balaban J connectivity index is 1.60. The quantitative estimate of drug-likeness (QED) is 0.560. The van der Waals surface area contributed by atoms with Crippen molar-refractivity contribution in [2.24, 2.45) is 0 Å². The molecule has 1 aliphatic rings. The van der Waals surface area contributed by atoms with Gasteiger partial charge in [-0.05, 0) is 61.4 Å². The first kappa shape index (κ1) is 21.4. The molecule has 31 heavy (non-hydrogen) atoms. The maximum Gasteiger partial charge on any atom is 0.257 e. The van der Waals surface area contributed by atoms with E-state index in [-0.39, 0.29) is 10.8 Å². The van der Waals surface area contributed by atoms with Gasteiger partial charge in [-0.3, -0.25) is 15.2 Å². The van der Waals surface area contributed by atoms with Crippen LogP contribution < -0.4 is 10.4 Å². The minimum absolute atomic E-state index is 0.125. The summed E-state index contributed by atoms with van der Waals surface area (Å²) < 4.78 is 27.6. The highest BCUT2D eigenvalue weighted by molar-refractivity contribution is 7.89. The Hall–Kier alpha value is -2.87. The third kappa shape index (κ3) is 4.58. The van der Waals surface area contributed by atoms with E-state index in [0.717, 1.165) is 11.4 Å². The highest BCUT2D eigenvalue weighted by Crippen LogP contribution is 2.28. The molecule has 1 heterocycles. The van der Waals surface area contributed by atoms with E-state index in [9.17, 15) is 13.2 Å². The molecule has 8 heteroatoms. The van der Waals surface area contributed by atoms with Crippen molar-refractivity contribution in [3.8, 4) is 0 Å². The zero-order valence-corrected chi connectivity index (χ0v) is 18.3. The molecule has 0 unspecified atom stereocenters. The van der Waals surface area contributed by atoms with E-state index in [1.54, 1.807) is 5.01 Å². The topological polar surface area (TPSA) is 69.7 Å². The summed E-state index contributed by atoms with van der Waals surface area (Å²) in [5, 5.41) is 2.13. The van der Waals surface area contributed by atoms with Crippen LogP contribution >= 0.6 is 11.6 Å². The molecule has 1 amide bonds. The monoisotopic (exact) mass is 455 g/mol. The summed E-state index contributed by atoms with van der Waals surface area (Å²) in [4.78, 5) is 13.4. The summed E-state index contributed by atoms with van der Waals surface area (Å²) in [6, 6.07) is 24.0. The molecule has 0 saturated carbocycles. The number of nitrogens with zero attached hydrogens (tertiary/aromatic N) is 2. The van der Waals surface area contributed by atoms with Crippen molar-refractivity contribution in [2.45, 2.75) is 23.8 Å². The maximum atomic E-state index is 13.3. The molecule has 1 atom stereocenters. The zero-order valence-electron chi connectivity index (χ0n) is 16.7. The number of benzene rings is 3. The van der Waals surface area contributed by atoms with Gasteiger partial charge in [-0.1, -0.05) is 48.0 Å². The van der Waals surface area contributed by atoms with Gasteiger partial charge < -0.3 is 0 Å². The fourth-order valence-corrected chi connectivity index (χ4v) is 5.43. The van der Waals surface area contributed by atoms with Gasteiger partial charge in [0.05, 0.1) is 16.3 Å². The molecule has 0 aromatic heterocycles. The molecule has 0 bridgehead atoms. The van der Waals surface area contributed by atoms with Gasteiger partial charge in [0.15, 0.2) is 0 Å². The molecule has 0 radical (unpaired) electrons. The van der Waals surface area contributed by atoms with Crippen LogP contribution in [0.3, 0.4) is 0 Å². The zero-order chi connectivity index (χ0) is 21.8. The Morgan fingerprint density at radius 2 is 1.45 bits per heavy atom. The fourth-order valence-electron chi connectivity index (χ4n) is 3.65. The van der Waals surface area contributed by atoms with Gasteiger partial charge in [-0.25, -0.2) is 8.42 Å². The minimum atomic E-state index is -3.82. The van der Waals surface area contributed by atoms with Gasteiger partial charge in [0.25, 0.3) is 5.91 Å². The average Bonchev–Trinajstić information content (AvgIpc) is 3.30. The average molecular weight is 456 g/mol. The first-order chi connectivity index (χ1) is 15.0. The van der Waals surface area contributed by atoms with Crippen LogP contribution in [0.5, 0.6) is 0 Å². The second-order valence-electron chi connectivity index (χ2n) is 7.21. The van der Waals surface area contributed by atoms with Crippen LogP contribution in [0.15, 0.2) is 89.8 Å². The predicted octanol–water partition coefficient (Wildman–Crippen LogP) is 4.36.